The molecule has 1 unspecified atom stereocenters. The molecule has 4 aliphatic heterocycles. The smallest absolute Gasteiger partial charge is 0.312 e. The number of terminal acetylenes is 1. The minimum Gasteiger partial charge on any atom is -0.506 e. The number of carbonyl (C=O) groups excluding carboxylic acids is 3. The van der Waals surface area contributed by atoms with Crippen LogP contribution in [0.3, 0.4) is 0 Å². The van der Waals surface area contributed by atoms with E-state index in [1.807, 2.05) is 19.1 Å². The quantitative estimate of drug-likeness (QED) is 0.0931. The van der Waals surface area contributed by atoms with E-state index in [1.165, 1.54) is 33.3 Å². The SMILES string of the molecule is C#Cc1c2c3c4c5c(c(c(O)c4c1O)NC(=O)/C(C)=C\C=C\[C@H](C)[C@H](O)[C@@H](C)[C@@H](O)[C@@H](C)[C@H](OC(C)=O)[C@H](C)[C@@H](OC)/C=C/O[C@@](C)(O2)C3=O)N1C=CC(C)=CC1N5. The van der Waals surface area contributed by atoms with Crippen LogP contribution in [0.15, 0.2) is 60.1 Å². The number of allylic oxidation sites excluding steroid dienone is 4. The summed E-state index contributed by atoms with van der Waals surface area (Å²) in [6, 6.07) is 0. The summed E-state index contributed by atoms with van der Waals surface area (Å²) < 4.78 is 23.8. The highest BCUT2D eigenvalue weighted by Crippen LogP contribution is 2.59. The van der Waals surface area contributed by atoms with Gasteiger partial charge in [-0.25, -0.2) is 0 Å². The van der Waals surface area contributed by atoms with Crippen molar-refractivity contribution in [3.63, 3.8) is 0 Å². The molecule has 2 aromatic rings. The normalized spacial score (nSPS) is 33.1. The number of anilines is 3. The number of phenolic OH excluding ortho intramolecular Hbond substituents is 2. The zero-order valence-corrected chi connectivity index (χ0v) is 34.0. The van der Waals surface area contributed by atoms with E-state index < -0.39 is 89.2 Å². The maximum Gasteiger partial charge on any atom is 0.312 e. The lowest BCUT2D eigenvalue weighted by atomic mass is 9.78. The van der Waals surface area contributed by atoms with Gasteiger partial charge in [-0.2, -0.15) is 0 Å². The molecule has 0 saturated heterocycles. The monoisotopic (exact) mass is 797 g/mol. The van der Waals surface area contributed by atoms with E-state index in [2.05, 4.69) is 16.6 Å². The number of amides is 1. The molecule has 14 nitrogen and oxygen atoms in total. The van der Waals surface area contributed by atoms with Gasteiger partial charge < -0.3 is 54.9 Å². The summed E-state index contributed by atoms with van der Waals surface area (Å²) in [7, 11) is 1.45. The number of phenols is 2. The number of hydrogen-bond donors (Lipinski definition) is 6. The van der Waals surface area contributed by atoms with Crippen LogP contribution < -0.4 is 20.3 Å². The van der Waals surface area contributed by atoms with Crippen LogP contribution in [0.25, 0.3) is 10.8 Å². The average Bonchev–Trinajstić information content (AvgIpc) is 3.68. The molecule has 4 bridgehead atoms. The Bertz CT molecular complexity index is 2250. The van der Waals surface area contributed by atoms with Crippen molar-refractivity contribution in [1.29, 1.82) is 0 Å². The number of fused-ring (bicyclic) bond motifs is 2. The highest BCUT2D eigenvalue weighted by molar-refractivity contribution is 6.27. The number of Topliss-reactive ketones (excluding diaryl/α,β-unsaturated/α-hetero) is 1. The first-order valence-electron chi connectivity index (χ1n) is 19.2. The van der Waals surface area contributed by atoms with Gasteiger partial charge in [-0.15, -0.1) is 6.42 Å². The third-order valence-electron chi connectivity index (χ3n) is 11.7. The van der Waals surface area contributed by atoms with Gasteiger partial charge in [0.25, 0.3) is 11.7 Å². The molecule has 308 valence electrons. The fraction of sp³-hybridized carbons (Fsp3) is 0.432. The fourth-order valence-electron chi connectivity index (χ4n) is 8.26. The summed E-state index contributed by atoms with van der Waals surface area (Å²) in [5.41, 5.74) is 1.45. The van der Waals surface area contributed by atoms with Crippen molar-refractivity contribution in [2.45, 2.75) is 91.8 Å². The molecular weight excluding hydrogens is 746 g/mol. The van der Waals surface area contributed by atoms with Crippen LogP contribution in [0.2, 0.25) is 0 Å². The number of esters is 1. The lowest BCUT2D eigenvalue weighted by Crippen LogP contribution is -2.46. The number of benzene rings is 2. The molecular formula is C44H51N3O11. The summed E-state index contributed by atoms with van der Waals surface area (Å²) in [6.45, 7) is 13.1. The Labute approximate surface area is 337 Å². The second kappa shape index (κ2) is 15.9. The number of nitrogens with zero attached hydrogens (tertiary/aromatic N) is 1. The molecule has 4 aliphatic rings. The van der Waals surface area contributed by atoms with Crippen LogP contribution >= 0.6 is 0 Å². The van der Waals surface area contributed by atoms with Gasteiger partial charge in [-0.05, 0) is 37.6 Å². The number of rotatable bonds is 2. The highest BCUT2D eigenvalue weighted by Gasteiger charge is 2.51. The van der Waals surface area contributed by atoms with Gasteiger partial charge in [0.2, 0.25) is 0 Å². The first kappa shape index (κ1) is 41.9. The van der Waals surface area contributed by atoms with Gasteiger partial charge in [-0.3, -0.25) is 14.4 Å². The summed E-state index contributed by atoms with van der Waals surface area (Å²) in [6.07, 6.45) is 14.7. The molecule has 1 amide bonds. The van der Waals surface area contributed by atoms with Gasteiger partial charge in [0, 0.05) is 61.8 Å². The molecule has 0 radical (unpaired) electrons. The largest absolute Gasteiger partial charge is 0.506 e. The van der Waals surface area contributed by atoms with Crippen molar-refractivity contribution >= 4 is 45.5 Å². The number of ketones is 1. The van der Waals surface area contributed by atoms with Gasteiger partial charge in [-0.1, -0.05) is 51.8 Å². The van der Waals surface area contributed by atoms with Gasteiger partial charge >= 0.3 is 11.8 Å². The molecule has 0 spiro atoms. The van der Waals surface area contributed by atoms with E-state index in [9.17, 15) is 34.8 Å². The van der Waals surface area contributed by atoms with Crippen LogP contribution in [0.4, 0.5) is 17.1 Å². The number of carbonyl (C=O) groups is 3. The molecule has 10 atom stereocenters. The van der Waals surface area contributed by atoms with Crippen molar-refractivity contribution in [2.75, 3.05) is 22.6 Å². The Morgan fingerprint density at radius 3 is 2.36 bits per heavy atom. The lowest BCUT2D eigenvalue weighted by Gasteiger charge is -2.38. The second-order valence-corrected chi connectivity index (χ2v) is 15.7. The first-order chi connectivity index (χ1) is 27.4. The Hall–Kier alpha value is -5.75. The fourth-order valence-corrected chi connectivity index (χ4v) is 8.26. The van der Waals surface area contributed by atoms with Crippen molar-refractivity contribution in [1.82, 2.24) is 0 Å². The Morgan fingerprint density at radius 1 is 1.00 bits per heavy atom. The minimum absolute atomic E-state index is 0.0506. The van der Waals surface area contributed by atoms with Crippen LogP contribution in [0.1, 0.15) is 71.3 Å². The van der Waals surface area contributed by atoms with Crippen molar-refractivity contribution < 1.29 is 53.8 Å². The molecule has 2 aromatic carbocycles. The molecule has 0 saturated carbocycles. The number of ether oxygens (including phenoxy) is 4. The predicted octanol–water partition coefficient (Wildman–Crippen LogP) is 5.75. The topological polar surface area (TPSA) is 196 Å². The standard InChI is InChI=1S/C44H51N3O11/c1-11-27-38(51)31-30-32-41(27)58-44(9,42(32)53)56-18-16-28(55-10)23(5)40(57-26(8)48)25(7)37(50)24(6)36(49)21(3)13-12-14-22(4)43(54)46-34(39(31)52)35-33(30)45-29-19-20(2)15-17-47(29)35/h1,12-19,21,23-25,28-29,36-37,40,45,49-52H,2-10H3,(H,46,54)/b13-12+,18-16+,22-14-/t21-,23+,24+,25+,28-,29?,36-,37+,40+,44-/m0/s1. The molecule has 58 heavy (non-hydrogen) atoms. The van der Waals surface area contributed by atoms with Crippen LogP contribution in [0, 0.1) is 36.0 Å². The Kier molecular flexibility index (Phi) is 11.5. The predicted molar refractivity (Wildman–Crippen MR) is 218 cm³/mol. The summed E-state index contributed by atoms with van der Waals surface area (Å²) in [5.74, 6) is -5.17. The zero-order valence-electron chi connectivity index (χ0n) is 34.0. The third kappa shape index (κ3) is 7.08. The van der Waals surface area contributed by atoms with Crippen molar-refractivity contribution in [3.8, 4) is 29.6 Å². The van der Waals surface area contributed by atoms with E-state index in [4.69, 9.17) is 25.4 Å². The summed E-state index contributed by atoms with van der Waals surface area (Å²) in [4.78, 5) is 42.6. The van der Waals surface area contributed by atoms with Crippen molar-refractivity contribution in [3.05, 3.63) is 71.2 Å². The van der Waals surface area contributed by atoms with Gasteiger partial charge in [0.1, 0.15) is 29.3 Å². The highest BCUT2D eigenvalue weighted by atomic mass is 16.7. The molecule has 0 aliphatic carbocycles. The van der Waals surface area contributed by atoms with Gasteiger partial charge in [0.05, 0.1) is 46.9 Å². The number of aliphatic hydroxyl groups is 2. The molecule has 4 heterocycles. The van der Waals surface area contributed by atoms with E-state index in [0.29, 0.717) is 11.4 Å². The Morgan fingerprint density at radius 2 is 1.71 bits per heavy atom. The number of aromatic hydroxyl groups is 2. The number of hydrogen-bond acceptors (Lipinski definition) is 13. The zero-order chi connectivity index (χ0) is 42.5. The second-order valence-electron chi connectivity index (χ2n) is 15.7. The van der Waals surface area contributed by atoms with E-state index in [1.54, 1.807) is 63.9 Å². The van der Waals surface area contributed by atoms with Gasteiger partial charge in [0.15, 0.2) is 11.5 Å². The van der Waals surface area contributed by atoms with E-state index >= 15 is 0 Å². The molecule has 0 fully saturated rings. The van der Waals surface area contributed by atoms with Crippen LogP contribution in [0.5, 0.6) is 17.2 Å². The molecule has 14 heteroatoms. The Balaban J connectivity index is 1.56. The number of nitrogens with one attached hydrogen (secondary N) is 2. The minimum atomic E-state index is -2.03. The van der Waals surface area contributed by atoms with Crippen LogP contribution in [-0.4, -0.2) is 81.6 Å². The van der Waals surface area contributed by atoms with Crippen LogP contribution in [-0.2, 0) is 23.8 Å². The summed E-state index contributed by atoms with van der Waals surface area (Å²) >= 11 is 0. The summed E-state index contributed by atoms with van der Waals surface area (Å²) in [5, 5.41) is 52.8. The molecule has 6 rings (SSSR count). The van der Waals surface area contributed by atoms with E-state index in [-0.39, 0.29) is 38.9 Å². The van der Waals surface area contributed by atoms with Crippen molar-refractivity contribution in [2.24, 2.45) is 23.7 Å². The molecule has 6 N–H and O–H groups in total. The lowest BCUT2D eigenvalue weighted by molar-refractivity contribution is -0.160. The molecule has 0 aromatic heterocycles. The third-order valence-corrected chi connectivity index (χ3v) is 11.7. The maximum absolute atomic E-state index is 14.6. The maximum atomic E-state index is 14.6. The van der Waals surface area contributed by atoms with E-state index in [0.717, 1.165) is 5.57 Å². The number of methoxy groups -OCH3 is 1. The number of aliphatic hydroxyl groups excluding tert-OH is 2. The average molecular weight is 798 g/mol. The first-order valence-corrected chi connectivity index (χ1v) is 19.2.